The molecule has 2 aromatic carbocycles. The van der Waals surface area contributed by atoms with Gasteiger partial charge in [-0.1, -0.05) is 36.4 Å². The van der Waals surface area contributed by atoms with Gasteiger partial charge in [-0.3, -0.25) is 0 Å². The Hall–Kier alpha value is -2.00. The highest BCUT2D eigenvalue weighted by molar-refractivity contribution is 5.44. The molecule has 1 unspecified atom stereocenters. The fraction of sp³-hybridized carbons (Fsp3) is 0.294. The predicted molar refractivity (Wildman–Crippen MR) is 79.1 cm³/mol. The quantitative estimate of drug-likeness (QED) is 0.931. The molecule has 1 aliphatic rings. The molecule has 0 aliphatic carbocycles. The van der Waals surface area contributed by atoms with Gasteiger partial charge in [-0.15, -0.1) is 0 Å². The van der Waals surface area contributed by atoms with Gasteiger partial charge in [-0.25, -0.2) is 0 Å². The molecule has 1 aliphatic heterocycles. The van der Waals surface area contributed by atoms with Crippen molar-refractivity contribution >= 4 is 0 Å². The molecule has 0 saturated heterocycles. The van der Waals surface area contributed by atoms with Crippen LogP contribution in [0, 0.1) is 0 Å². The zero-order valence-electron chi connectivity index (χ0n) is 11.6. The Morgan fingerprint density at radius 1 is 1.20 bits per heavy atom. The molecule has 0 bridgehead atoms. The summed E-state index contributed by atoms with van der Waals surface area (Å²) in [4.78, 5) is 0. The topological polar surface area (TPSA) is 44.5 Å². The summed E-state index contributed by atoms with van der Waals surface area (Å²) in [6.45, 7) is 0. The molecule has 20 heavy (non-hydrogen) atoms. The lowest BCUT2D eigenvalue weighted by atomic mass is 9.94. The van der Waals surface area contributed by atoms with E-state index in [1.165, 1.54) is 5.56 Å². The van der Waals surface area contributed by atoms with Crippen LogP contribution in [0.5, 0.6) is 11.5 Å². The maximum absolute atomic E-state index is 6.26. The Morgan fingerprint density at radius 3 is 2.75 bits per heavy atom. The van der Waals surface area contributed by atoms with E-state index >= 15 is 0 Å². The third kappa shape index (κ3) is 2.63. The van der Waals surface area contributed by atoms with E-state index in [0.717, 1.165) is 29.9 Å². The first-order valence-electron chi connectivity index (χ1n) is 6.90. The molecule has 0 amide bonds. The number of hydrogen-bond acceptors (Lipinski definition) is 3. The van der Waals surface area contributed by atoms with Crippen molar-refractivity contribution in [2.75, 3.05) is 7.11 Å². The van der Waals surface area contributed by atoms with E-state index in [1.807, 2.05) is 24.3 Å². The first kappa shape index (κ1) is 13.0. The van der Waals surface area contributed by atoms with Gasteiger partial charge >= 0.3 is 0 Å². The van der Waals surface area contributed by atoms with Crippen LogP contribution in [0.1, 0.15) is 23.6 Å². The van der Waals surface area contributed by atoms with Gasteiger partial charge in [-0.2, -0.15) is 0 Å². The fourth-order valence-corrected chi connectivity index (χ4v) is 2.69. The Balaban J connectivity index is 1.80. The average molecular weight is 269 g/mol. The largest absolute Gasteiger partial charge is 0.497 e. The van der Waals surface area contributed by atoms with Crippen LogP contribution >= 0.6 is 0 Å². The molecule has 3 rings (SSSR count). The Bertz CT molecular complexity index is 583. The third-order valence-corrected chi connectivity index (χ3v) is 3.74. The Labute approximate surface area is 119 Å². The first-order chi connectivity index (χ1) is 9.76. The summed E-state index contributed by atoms with van der Waals surface area (Å²) in [6, 6.07) is 16.2. The zero-order valence-corrected chi connectivity index (χ0v) is 11.6. The summed E-state index contributed by atoms with van der Waals surface area (Å²) in [5.74, 6) is 1.65. The Kier molecular flexibility index (Phi) is 3.61. The number of benzene rings is 2. The predicted octanol–water partition coefficient (Wildman–Crippen LogP) is 3.09. The van der Waals surface area contributed by atoms with E-state index in [9.17, 15) is 0 Å². The Morgan fingerprint density at radius 2 is 2.00 bits per heavy atom. The normalized spacial score (nSPS) is 20.9. The summed E-state index contributed by atoms with van der Waals surface area (Å²) in [5.41, 5.74) is 8.60. The number of nitrogens with two attached hydrogens (primary N) is 1. The molecule has 3 nitrogen and oxygen atoms in total. The van der Waals surface area contributed by atoms with Crippen molar-refractivity contribution in [3.8, 4) is 11.5 Å². The second-order valence-corrected chi connectivity index (χ2v) is 5.18. The van der Waals surface area contributed by atoms with Crippen molar-refractivity contribution in [1.29, 1.82) is 0 Å². The lowest BCUT2D eigenvalue weighted by Gasteiger charge is -2.30. The smallest absolute Gasteiger partial charge is 0.128 e. The van der Waals surface area contributed by atoms with Gasteiger partial charge in [0.05, 0.1) is 7.11 Å². The molecular weight excluding hydrogens is 250 g/mol. The highest BCUT2D eigenvalue weighted by atomic mass is 16.5. The number of methoxy groups -OCH3 is 1. The van der Waals surface area contributed by atoms with Gasteiger partial charge in [0, 0.05) is 30.5 Å². The van der Waals surface area contributed by atoms with Crippen molar-refractivity contribution < 1.29 is 9.47 Å². The summed E-state index contributed by atoms with van der Waals surface area (Å²) in [5, 5.41) is 0. The highest BCUT2D eigenvalue weighted by Crippen LogP contribution is 2.36. The lowest BCUT2D eigenvalue weighted by molar-refractivity contribution is 0.158. The molecule has 2 aromatic rings. The van der Waals surface area contributed by atoms with Crippen LogP contribution in [0.4, 0.5) is 0 Å². The molecule has 0 aromatic heterocycles. The van der Waals surface area contributed by atoms with Crippen molar-refractivity contribution in [3.05, 3.63) is 59.7 Å². The molecule has 0 saturated carbocycles. The number of rotatable bonds is 3. The molecule has 0 radical (unpaired) electrons. The van der Waals surface area contributed by atoms with Crippen LogP contribution in [0.25, 0.3) is 0 Å². The van der Waals surface area contributed by atoms with Gasteiger partial charge in [-0.05, 0) is 11.6 Å². The van der Waals surface area contributed by atoms with Gasteiger partial charge in [0.2, 0.25) is 0 Å². The third-order valence-electron chi connectivity index (χ3n) is 3.74. The number of ether oxygens (including phenoxy) is 2. The van der Waals surface area contributed by atoms with E-state index in [1.54, 1.807) is 7.11 Å². The number of fused-ring (bicyclic) bond motifs is 1. The standard InChI is InChI=1S/C17H19NO2/c1-19-13-7-8-15-16(18)10-14(20-17(15)11-13)9-12-5-3-2-4-6-12/h2-8,11,14,16H,9-10,18H2,1H3/t14?,16-/m0/s1. The highest BCUT2D eigenvalue weighted by Gasteiger charge is 2.26. The van der Waals surface area contributed by atoms with Crippen LogP contribution < -0.4 is 15.2 Å². The van der Waals surface area contributed by atoms with E-state index in [2.05, 4.69) is 24.3 Å². The van der Waals surface area contributed by atoms with E-state index in [0.29, 0.717) is 0 Å². The molecular formula is C17H19NO2. The minimum atomic E-state index is 0.0263. The van der Waals surface area contributed by atoms with Crippen LogP contribution in [0.2, 0.25) is 0 Å². The maximum atomic E-state index is 6.26. The molecule has 3 heteroatoms. The van der Waals surface area contributed by atoms with Gasteiger partial charge in [0.1, 0.15) is 17.6 Å². The second-order valence-electron chi connectivity index (χ2n) is 5.18. The minimum absolute atomic E-state index is 0.0263. The summed E-state index contributed by atoms with van der Waals surface area (Å²) in [7, 11) is 1.66. The monoisotopic (exact) mass is 269 g/mol. The summed E-state index contributed by atoms with van der Waals surface area (Å²) < 4.78 is 11.3. The van der Waals surface area contributed by atoms with Crippen molar-refractivity contribution in [2.24, 2.45) is 5.73 Å². The molecule has 104 valence electrons. The first-order valence-corrected chi connectivity index (χ1v) is 6.90. The van der Waals surface area contributed by atoms with E-state index in [4.69, 9.17) is 15.2 Å². The van der Waals surface area contributed by atoms with Crippen molar-refractivity contribution in [1.82, 2.24) is 0 Å². The van der Waals surface area contributed by atoms with Gasteiger partial charge in [0.15, 0.2) is 0 Å². The van der Waals surface area contributed by atoms with Gasteiger partial charge in [0.25, 0.3) is 0 Å². The van der Waals surface area contributed by atoms with Crippen molar-refractivity contribution in [3.63, 3.8) is 0 Å². The van der Waals surface area contributed by atoms with Gasteiger partial charge < -0.3 is 15.2 Å². The SMILES string of the molecule is COc1ccc2c(c1)OC(Cc1ccccc1)C[C@@H]2N. The van der Waals surface area contributed by atoms with Crippen LogP contribution in [-0.4, -0.2) is 13.2 Å². The van der Waals surface area contributed by atoms with Crippen LogP contribution in [-0.2, 0) is 6.42 Å². The van der Waals surface area contributed by atoms with E-state index < -0.39 is 0 Å². The van der Waals surface area contributed by atoms with Crippen LogP contribution in [0.3, 0.4) is 0 Å². The molecule has 2 atom stereocenters. The maximum Gasteiger partial charge on any atom is 0.128 e. The average Bonchev–Trinajstić information content (AvgIpc) is 2.47. The number of hydrogen-bond donors (Lipinski definition) is 1. The zero-order chi connectivity index (χ0) is 13.9. The molecule has 1 heterocycles. The summed E-state index contributed by atoms with van der Waals surface area (Å²) in [6.07, 6.45) is 1.84. The molecule has 2 N–H and O–H groups in total. The molecule has 0 spiro atoms. The fourth-order valence-electron chi connectivity index (χ4n) is 2.69. The summed E-state index contributed by atoms with van der Waals surface area (Å²) >= 11 is 0. The van der Waals surface area contributed by atoms with E-state index in [-0.39, 0.29) is 12.1 Å². The molecule has 0 fully saturated rings. The lowest BCUT2D eigenvalue weighted by Crippen LogP contribution is -2.31. The minimum Gasteiger partial charge on any atom is -0.497 e. The second kappa shape index (κ2) is 5.55. The van der Waals surface area contributed by atoms with Crippen molar-refractivity contribution in [2.45, 2.75) is 25.0 Å². The van der Waals surface area contributed by atoms with Crippen LogP contribution in [0.15, 0.2) is 48.5 Å².